The molecule has 0 bridgehead atoms. The lowest BCUT2D eigenvalue weighted by atomic mass is 10.1. The lowest BCUT2D eigenvalue weighted by molar-refractivity contribution is -0.123. The highest BCUT2D eigenvalue weighted by Gasteiger charge is 2.42. The molecule has 3 rings (SSSR count). The van der Waals surface area contributed by atoms with Crippen LogP contribution >= 0.6 is 0 Å². The van der Waals surface area contributed by atoms with Crippen LogP contribution in [0.25, 0.3) is 0 Å². The number of carbonyl (C=O) groups is 1. The average Bonchev–Trinajstić information content (AvgIpc) is 3.17. The first-order chi connectivity index (χ1) is 11.5. The zero-order valence-electron chi connectivity index (χ0n) is 13.2. The zero-order valence-corrected chi connectivity index (χ0v) is 13.2. The highest BCUT2D eigenvalue weighted by molar-refractivity contribution is 5.82. The molecular weight excluding hydrogens is 314 g/mol. The number of amides is 1. The van der Waals surface area contributed by atoms with E-state index >= 15 is 0 Å². The molecule has 1 aromatic carbocycles. The molecule has 1 fully saturated rings. The number of nitrogens with one attached hydrogen (secondary N) is 2. The van der Waals surface area contributed by atoms with Crippen molar-refractivity contribution in [2.75, 3.05) is 6.54 Å². The minimum atomic E-state index is -2.81. The molecule has 128 valence electrons. The second kappa shape index (κ2) is 7.09. The summed E-state index contributed by atoms with van der Waals surface area (Å²) in [4.78, 5) is 16.2. The number of aryl methyl sites for hydroxylation is 2. The molecule has 1 amide bonds. The van der Waals surface area contributed by atoms with E-state index in [1.165, 1.54) is 5.56 Å². The quantitative estimate of drug-likeness (QED) is 0.846. The Kier molecular flexibility index (Phi) is 4.89. The summed E-state index contributed by atoms with van der Waals surface area (Å²) < 4.78 is 28.2. The predicted octanol–water partition coefficient (Wildman–Crippen LogP) is 1.74. The Morgan fingerprint density at radius 2 is 2.17 bits per heavy atom. The summed E-state index contributed by atoms with van der Waals surface area (Å²) >= 11 is 0. The Labute approximate surface area is 139 Å². The van der Waals surface area contributed by atoms with Crippen molar-refractivity contribution in [1.82, 2.24) is 20.2 Å². The Morgan fingerprint density at radius 1 is 1.38 bits per heavy atom. The molecule has 2 N–H and O–H groups in total. The smallest absolute Gasteiger partial charge is 0.262 e. The van der Waals surface area contributed by atoms with Crippen molar-refractivity contribution in [1.29, 1.82) is 0 Å². The second-order valence-electron chi connectivity index (χ2n) is 5.98. The number of rotatable bonds is 6. The topological polar surface area (TPSA) is 59.0 Å². The van der Waals surface area contributed by atoms with Gasteiger partial charge in [0.2, 0.25) is 5.91 Å². The van der Waals surface area contributed by atoms with Crippen LogP contribution in [0, 0.1) is 0 Å². The number of nitrogens with zero attached hydrogens (tertiary/aromatic N) is 2. The van der Waals surface area contributed by atoms with E-state index in [-0.39, 0.29) is 6.54 Å². The van der Waals surface area contributed by atoms with Gasteiger partial charge in [-0.05, 0) is 12.0 Å². The van der Waals surface area contributed by atoms with Gasteiger partial charge in [0.05, 0.1) is 19.1 Å². The van der Waals surface area contributed by atoms with Crippen LogP contribution in [0.3, 0.4) is 0 Å². The second-order valence-corrected chi connectivity index (χ2v) is 5.98. The molecule has 2 aromatic rings. The normalized spacial score (nSPS) is 19.3. The first-order valence-corrected chi connectivity index (χ1v) is 7.96. The van der Waals surface area contributed by atoms with Gasteiger partial charge in [-0.2, -0.15) is 0 Å². The summed E-state index contributed by atoms with van der Waals surface area (Å²) in [5.74, 6) is -2.51. The molecule has 1 atom stereocenters. The maximum absolute atomic E-state index is 13.1. The maximum atomic E-state index is 13.1. The van der Waals surface area contributed by atoms with E-state index in [2.05, 4.69) is 27.8 Å². The lowest BCUT2D eigenvalue weighted by Crippen LogP contribution is -2.40. The van der Waals surface area contributed by atoms with Crippen molar-refractivity contribution >= 4 is 5.91 Å². The zero-order chi connectivity index (χ0) is 17.0. The van der Waals surface area contributed by atoms with Gasteiger partial charge in [-0.3, -0.25) is 10.1 Å². The van der Waals surface area contributed by atoms with E-state index < -0.39 is 30.8 Å². The summed E-state index contributed by atoms with van der Waals surface area (Å²) in [5.41, 5.74) is 1.22. The molecule has 1 unspecified atom stereocenters. The van der Waals surface area contributed by atoms with Crippen LogP contribution in [-0.4, -0.2) is 34.0 Å². The van der Waals surface area contributed by atoms with Gasteiger partial charge in [-0.1, -0.05) is 30.3 Å². The van der Waals surface area contributed by atoms with Crippen molar-refractivity contribution in [2.24, 2.45) is 0 Å². The number of imidazole rings is 1. The van der Waals surface area contributed by atoms with Crippen LogP contribution in [0.5, 0.6) is 0 Å². The molecule has 0 spiro atoms. The molecule has 0 saturated carbocycles. The number of alkyl halides is 2. The van der Waals surface area contributed by atoms with Gasteiger partial charge in [-0.15, -0.1) is 0 Å². The van der Waals surface area contributed by atoms with E-state index in [1.54, 1.807) is 6.20 Å². The summed E-state index contributed by atoms with van der Waals surface area (Å²) in [6.07, 6.45) is 3.93. The molecule has 7 heteroatoms. The first kappa shape index (κ1) is 16.6. The highest BCUT2D eigenvalue weighted by atomic mass is 19.3. The third-order valence-electron chi connectivity index (χ3n) is 4.13. The first-order valence-electron chi connectivity index (χ1n) is 7.96. The molecule has 1 saturated heterocycles. The van der Waals surface area contributed by atoms with E-state index in [0.29, 0.717) is 5.82 Å². The molecule has 1 aliphatic heterocycles. The largest absolute Gasteiger partial charge is 0.348 e. The Morgan fingerprint density at radius 3 is 2.88 bits per heavy atom. The Bertz CT molecular complexity index is 687. The summed E-state index contributed by atoms with van der Waals surface area (Å²) in [7, 11) is 0. The van der Waals surface area contributed by atoms with Crippen molar-refractivity contribution in [3.05, 3.63) is 54.1 Å². The van der Waals surface area contributed by atoms with Crippen LogP contribution in [0.4, 0.5) is 8.78 Å². The third kappa shape index (κ3) is 4.17. The number of hydrogen-bond donors (Lipinski definition) is 2. The number of hydrogen-bond acceptors (Lipinski definition) is 3. The van der Waals surface area contributed by atoms with Gasteiger partial charge >= 0.3 is 0 Å². The van der Waals surface area contributed by atoms with E-state index in [0.717, 1.165) is 13.0 Å². The average molecular weight is 334 g/mol. The number of halogens is 2. The molecule has 24 heavy (non-hydrogen) atoms. The standard InChI is InChI=1S/C17H20F2N4O/c18-17(19)10-14(22-12-17)16(24)21-11-15-20-7-9-23(15)8-6-13-4-2-1-3-5-13/h1-5,7,9,14,22H,6,8,10-12H2,(H,21,24). The molecule has 1 aromatic heterocycles. The van der Waals surface area contributed by atoms with Crippen molar-refractivity contribution in [3.63, 3.8) is 0 Å². The molecule has 0 aliphatic carbocycles. The van der Waals surface area contributed by atoms with Gasteiger partial charge in [0, 0.05) is 25.4 Å². The predicted molar refractivity (Wildman–Crippen MR) is 85.6 cm³/mol. The van der Waals surface area contributed by atoms with Gasteiger partial charge in [0.25, 0.3) is 5.92 Å². The third-order valence-corrected chi connectivity index (χ3v) is 4.13. The fourth-order valence-corrected chi connectivity index (χ4v) is 2.80. The molecule has 2 heterocycles. The van der Waals surface area contributed by atoms with Gasteiger partial charge in [-0.25, -0.2) is 13.8 Å². The fraction of sp³-hybridized carbons (Fsp3) is 0.412. The van der Waals surface area contributed by atoms with Crippen LogP contribution < -0.4 is 10.6 Å². The van der Waals surface area contributed by atoms with Crippen LogP contribution in [0.2, 0.25) is 0 Å². The molecule has 0 radical (unpaired) electrons. The Balaban J connectivity index is 1.51. The molecule has 1 aliphatic rings. The van der Waals surface area contributed by atoms with Crippen LogP contribution in [-0.2, 0) is 24.3 Å². The number of aromatic nitrogens is 2. The van der Waals surface area contributed by atoms with Gasteiger partial charge in [0.1, 0.15) is 5.82 Å². The summed E-state index contributed by atoms with van der Waals surface area (Å²) in [5, 5.41) is 5.23. The summed E-state index contributed by atoms with van der Waals surface area (Å²) in [6, 6.07) is 9.24. The van der Waals surface area contributed by atoms with Crippen molar-refractivity contribution in [3.8, 4) is 0 Å². The monoisotopic (exact) mass is 334 g/mol. The van der Waals surface area contributed by atoms with Gasteiger partial charge in [0.15, 0.2) is 0 Å². The minimum absolute atomic E-state index is 0.227. The van der Waals surface area contributed by atoms with E-state index in [4.69, 9.17) is 0 Å². The van der Waals surface area contributed by atoms with Crippen molar-refractivity contribution in [2.45, 2.75) is 37.9 Å². The highest BCUT2D eigenvalue weighted by Crippen LogP contribution is 2.25. The number of carbonyl (C=O) groups excluding carboxylic acids is 1. The molecular formula is C17H20F2N4O. The summed E-state index contributed by atoms with van der Waals surface area (Å²) in [6.45, 7) is 0.524. The SMILES string of the molecule is O=C(NCc1nccn1CCc1ccccc1)C1CC(F)(F)CN1. The van der Waals surface area contributed by atoms with Crippen LogP contribution in [0.1, 0.15) is 17.8 Å². The Hall–Kier alpha value is -2.28. The van der Waals surface area contributed by atoms with E-state index in [9.17, 15) is 13.6 Å². The lowest BCUT2D eigenvalue weighted by Gasteiger charge is -2.12. The minimum Gasteiger partial charge on any atom is -0.348 e. The maximum Gasteiger partial charge on any atom is 0.262 e. The number of benzene rings is 1. The van der Waals surface area contributed by atoms with E-state index in [1.807, 2.05) is 29.0 Å². The molecule has 5 nitrogen and oxygen atoms in total. The van der Waals surface area contributed by atoms with Gasteiger partial charge < -0.3 is 9.88 Å². The van der Waals surface area contributed by atoms with Crippen molar-refractivity contribution < 1.29 is 13.6 Å². The van der Waals surface area contributed by atoms with Crippen LogP contribution in [0.15, 0.2) is 42.7 Å². The fourth-order valence-electron chi connectivity index (χ4n) is 2.80.